The van der Waals surface area contributed by atoms with E-state index in [9.17, 15) is 4.79 Å². The maximum absolute atomic E-state index is 12.4. The largest absolute Gasteiger partial charge is 0.393 e. The van der Waals surface area contributed by atoms with Crippen LogP contribution >= 0.6 is 12.2 Å². The number of thiocarbonyl (C=S) groups is 1. The molecule has 0 radical (unpaired) electrons. The SMILES string of the molecule is CC(C)C(C(=O)N(C)CC1CCN(C)CC1)C(N)=S. The Kier molecular flexibility index (Phi) is 6.20. The van der Waals surface area contributed by atoms with Crippen LogP contribution in [0.2, 0.25) is 0 Å². The second-order valence-electron chi connectivity index (χ2n) is 6.09. The number of amides is 1. The summed E-state index contributed by atoms with van der Waals surface area (Å²) in [6.45, 7) is 7.04. The van der Waals surface area contributed by atoms with Crippen molar-refractivity contribution in [1.29, 1.82) is 0 Å². The van der Waals surface area contributed by atoms with Crippen LogP contribution in [0.15, 0.2) is 0 Å². The lowest BCUT2D eigenvalue weighted by atomic mass is 9.92. The van der Waals surface area contributed by atoms with Gasteiger partial charge >= 0.3 is 0 Å². The molecule has 1 rings (SSSR count). The maximum atomic E-state index is 12.4. The topological polar surface area (TPSA) is 49.6 Å². The van der Waals surface area contributed by atoms with Crippen LogP contribution in [-0.2, 0) is 4.79 Å². The molecule has 0 bridgehead atoms. The van der Waals surface area contributed by atoms with E-state index in [1.807, 2.05) is 25.8 Å². The molecule has 1 aliphatic rings. The minimum Gasteiger partial charge on any atom is -0.393 e. The maximum Gasteiger partial charge on any atom is 0.232 e. The molecule has 1 atom stereocenters. The lowest BCUT2D eigenvalue weighted by molar-refractivity contribution is -0.133. The van der Waals surface area contributed by atoms with E-state index < -0.39 is 0 Å². The van der Waals surface area contributed by atoms with Gasteiger partial charge in [0, 0.05) is 13.6 Å². The molecule has 5 heteroatoms. The first kappa shape index (κ1) is 16.4. The first-order valence-corrected chi connectivity index (χ1v) is 7.46. The van der Waals surface area contributed by atoms with Gasteiger partial charge in [0.05, 0.1) is 10.9 Å². The highest BCUT2D eigenvalue weighted by Crippen LogP contribution is 2.19. The van der Waals surface area contributed by atoms with E-state index in [4.69, 9.17) is 18.0 Å². The van der Waals surface area contributed by atoms with Crippen molar-refractivity contribution in [3.8, 4) is 0 Å². The Labute approximate surface area is 122 Å². The highest BCUT2D eigenvalue weighted by atomic mass is 32.1. The van der Waals surface area contributed by atoms with Gasteiger partial charge in [-0.15, -0.1) is 0 Å². The fourth-order valence-corrected chi connectivity index (χ4v) is 3.07. The van der Waals surface area contributed by atoms with Crippen LogP contribution in [0, 0.1) is 17.8 Å². The van der Waals surface area contributed by atoms with Crippen LogP contribution in [0.1, 0.15) is 26.7 Å². The fraction of sp³-hybridized carbons (Fsp3) is 0.857. The van der Waals surface area contributed by atoms with E-state index in [0.29, 0.717) is 10.9 Å². The molecule has 1 amide bonds. The van der Waals surface area contributed by atoms with Gasteiger partial charge in [0.25, 0.3) is 0 Å². The number of piperidine rings is 1. The monoisotopic (exact) mass is 285 g/mol. The smallest absolute Gasteiger partial charge is 0.232 e. The highest BCUT2D eigenvalue weighted by molar-refractivity contribution is 7.80. The number of nitrogens with two attached hydrogens (primary N) is 1. The number of hydrogen-bond donors (Lipinski definition) is 1. The van der Waals surface area contributed by atoms with Crippen molar-refractivity contribution < 1.29 is 4.79 Å². The van der Waals surface area contributed by atoms with Crippen LogP contribution < -0.4 is 5.73 Å². The van der Waals surface area contributed by atoms with Crippen molar-refractivity contribution in [1.82, 2.24) is 9.80 Å². The summed E-state index contributed by atoms with van der Waals surface area (Å²) in [7, 11) is 4.01. The van der Waals surface area contributed by atoms with E-state index >= 15 is 0 Å². The number of nitrogens with zero attached hydrogens (tertiary/aromatic N) is 2. The average molecular weight is 285 g/mol. The van der Waals surface area contributed by atoms with Crippen LogP contribution in [0.5, 0.6) is 0 Å². The summed E-state index contributed by atoms with van der Waals surface area (Å²) in [4.78, 5) is 16.9. The van der Waals surface area contributed by atoms with Crippen LogP contribution in [-0.4, -0.2) is 54.4 Å². The predicted octanol–water partition coefficient (Wildman–Crippen LogP) is 1.34. The minimum atomic E-state index is -0.328. The molecule has 1 unspecified atom stereocenters. The van der Waals surface area contributed by atoms with E-state index in [0.717, 1.165) is 32.5 Å². The van der Waals surface area contributed by atoms with Crippen molar-refractivity contribution in [3.63, 3.8) is 0 Å². The summed E-state index contributed by atoms with van der Waals surface area (Å²) in [6.07, 6.45) is 2.32. The Morgan fingerprint density at radius 1 is 1.42 bits per heavy atom. The molecule has 110 valence electrons. The molecule has 0 aliphatic carbocycles. The molecule has 0 spiro atoms. The Hall–Kier alpha value is -0.680. The number of rotatable bonds is 5. The summed E-state index contributed by atoms with van der Waals surface area (Å²) in [5.74, 6) is 0.502. The lowest BCUT2D eigenvalue weighted by Gasteiger charge is -2.33. The molecule has 19 heavy (non-hydrogen) atoms. The summed E-state index contributed by atoms with van der Waals surface area (Å²) < 4.78 is 0. The molecular formula is C14H27N3OS. The number of carbonyl (C=O) groups excluding carboxylic acids is 1. The van der Waals surface area contributed by atoms with Crippen LogP contribution in [0.25, 0.3) is 0 Å². The normalized spacial score (nSPS) is 19.4. The van der Waals surface area contributed by atoms with Gasteiger partial charge in [0.1, 0.15) is 0 Å². The van der Waals surface area contributed by atoms with Crippen LogP contribution in [0.3, 0.4) is 0 Å². The zero-order valence-electron chi connectivity index (χ0n) is 12.6. The average Bonchev–Trinajstić information content (AvgIpc) is 2.31. The summed E-state index contributed by atoms with van der Waals surface area (Å²) in [5, 5.41) is 0. The molecule has 1 aliphatic heterocycles. The van der Waals surface area contributed by atoms with Crippen molar-refractivity contribution in [3.05, 3.63) is 0 Å². The number of likely N-dealkylation sites (tertiary alicyclic amines) is 1. The molecule has 0 aromatic carbocycles. The highest BCUT2D eigenvalue weighted by Gasteiger charge is 2.29. The summed E-state index contributed by atoms with van der Waals surface area (Å²) in [6, 6.07) is 0. The predicted molar refractivity (Wildman–Crippen MR) is 83.0 cm³/mol. The Morgan fingerprint density at radius 2 is 1.95 bits per heavy atom. The third kappa shape index (κ3) is 4.73. The molecule has 1 fully saturated rings. The first-order valence-electron chi connectivity index (χ1n) is 7.05. The van der Waals surface area contributed by atoms with Gasteiger partial charge < -0.3 is 15.5 Å². The molecule has 0 aromatic rings. The minimum absolute atomic E-state index is 0.0708. The van der Waals surface area contributed by atoms with E-state index in [1.54, 1.807) is 0 Å². The van der Waals surface area contributed by atoms with Crippen molar-refractivity contribution in [2.45, 2.75) is 26.7 Å². The molecular weight excluding hydrogens is 258 g/mol. The molecule has 0 saturated carbocycles. The van der Waals surface area contributed by atoms with Crippen molar-refractivity contribution in [2.75, 3.05) is 33.7 Å². The molecule has 4 nitrogen and oxygen atoms in total. The van der Waals surface area contributed by atoms with Gasteiger partial charge in [-0.2, -0.15) is 0 Å². The number of carbonyl (C=O) groups is 1. The van der Waals surface area contributed by atoms with Gasteiger partial charge in [-0.25, -0.2) is 0 Å². The first-order chi connectivity index (χ1) is 8.82. The Balaban J connectivity index is 2.54. The Bertz CT molecular complexity index is 325. The molecule has 1 saturated heterocycles. The zero-order valence-corrected chi connectivity index (χ0v) is 13.4. The van der Waals surface area contributed by atoms with E-state index in [-0.39, 0.29) is 17.7 Å². The quantitative estimate of drug-likeness (QED) is 0.775. The van der Waals surface area contributed by atoms with Gasteiger partial charge in [-0.1, -0.05) is 26.1 Å². The molecule has 2 N–H and O–H groups in total. The zero-order chi connectivity index (χ0) is 14.6. The third-order valence-electron chi connectivity index (χ3n) is 3.99. The number of hydrogen-bond acceptors (Lipinski definition) is 3. The van der Waals surface area contributed by atoms with Gasteiger partial charge in [0.2, 0.25) is 5.91 Å². The van der Waals surface area contributed by atoms with Crippen molar-refractivity contribution in [2.24, 2.45) is 23.5 Å². The molecule has 1 heterocycles. The second kappa shape index (κ2) is 7.20. The van der Waals surface area contributed by atoms with Gasteiger partial charge in [-0.3, -0.25) is 4.79 Å². The van der Waals surface area contributed by atoms with Crippen molar-refractivity contribution >= 4 is 23.1 Å². The second-order valence-corrected chi connectivity index (χ2v) is 6.56. The molecule has 0 aromatic heterocycles. The lowest BCUT2D eigenvalue weighted by Crippen LogP contribution is -2.44. The third-order valence-corrected chi connectivity index (χ3v) is 4.24. The van der Waals surface area contributed by atoms with Gasteiger partial charge in [0.15, 0.2) is 0 Å². The standard InChI is InChI=1S/C14H27N3OS/c1-10(2)12(13(15)19)14(18)17(4)9-11-5-7-16(3)8-6-11/h10-12H,5-9H2,1-4H3,(H2,15,19). The van der Waals surface area contributed by atoms with Crippen LogP contribution in [0.4, 0.5) is 0 Å². The van der Waals surface area contributed by atoms with E-state index in [2.05, 4.69) is 11.9 Å². The van der Waals surface area contributed by atoms with Gasteiger partial charge in [-0.05, 0) is 44.8 Å². The van der Waals surface area contributed by atoms with E-state index in [1.165, 1.54) is 0 Å². The fourth-order valence-electron chi connectivity index (χ4n) is 2.69. The Morgan fingerprint density at radius 3 is 2.37 bits per heavy atom. The summed E-state index contributed by atoms with van der Waals surface area (Å²) >= 11 is 5.03. The summed E-state index contributed by atoms with van der Waals surface area (Å²) in [5.41, 5.74) is 5.70.